The first-order chi connectivity index (χ1) is 10.2. The molecule has 2 aromatic rings. The molecule has 1 fully saturated rings. The van der Waals surface area contributed by atoms with Crippen molar-refractivity contribution in [1.82, 2.24) is 5.32 Å². The largest absolute Gasteiger partial charge is 0.351 e. The predicted octanol–water partition coefficient (Wildman–Crippen LogP) is 4.13. The molecule has 0 radical (unpaired) electrons. The van der Waals surface area contributed by atoms with Gasteiger partial charge in [0.2, 0.25) is 0 Å². The summed E-state index contributed by atoms with van der Waals surface area (Å²) < 4.78 is 13.2. The van der Waals surface area contributed by atoms with Crippen LogP contribution in [0.2, 0.25) is 0 Å². The van der Waals surface area contributed by atoms with Gasteiger partial charge in [-0.2, -0.15) is 11.3 Å². The number of carbonyl (C=O) groups excluding carboxylic acids is 1. The summed E-state index contributed by atoms with van der Waals surface area (Å²) in [6, 6.07) is 7.99. The van der Waals surface area contributed by atoms with Gasteiger partial charge in [0.15, 0.2) is 0 Å². The summed E-state index contributed by atoms with van der Waals surface area (Å²) in [5.41, 5.74) is 1.77. The lowest BCUT2D eigenvalue weighted by Gasteiger charge is -2.28. The van der Waals surface area contributed by atoms with Crippen molar-refractivity contribution in [1.29, 1.82) is 0 Å². The molecule has 2 nitrogen and oxygen atoms in total. The van der Waals surface area contributed by atoms with Crippen LogP contribution in [0.1, 0.15) is 41.6 Å². The number of halogens is 1. The zero-order chi connectivity index (χ0) is 14.7. The Bertz CT molecular complexity index is 617. The summed E-state index contributed by atoms with van der Waals surface area (Å²) >= 11 is 1.70. The van der Waals surface area contributed by atoms with Gasteiger partial charge in [-0.3, -0.25) is 4.79 Å². The van der Waals surface area contributed by atoms with Gasteiger partial charge >= 0.3 is 0 Å². The van der Waals surface area contributed by atoms with E-state index in [9.17, 15) is 9.18 Å². The van der Waals surface area contributed by atoms with E-state index in [1.165, 1.54) is 30.5 Å². The first-order valence-corrected chi connectivity index (χ1v) is 8.20. The van der Waals surface area contributed by atoms with Crippen molar-refractivity contribution in [3.63, 3.8) is 0 Å². The summed E-state index contributed by atoms with van der Waals surface area (Å²) in [4.78, 5) is 12.2. The van der Waals surface area contributed by atoms with Crippen LogP contribution in [-0.4, -0.2) is 12.5 Å². The third kappa shape index (κ3) is 3.00. The van der Waals surface area contributed by atoms with Crippen molar-refractivity contribution in [2.24, 2.45) is 0 Å². The Morgan fingerprint density at radius 3 is 2.76 bits per heavy atom. The molecule has 0 spiro atoms. The molecule has 4 heteroatoms. The van der Waals surface area contributed by atoms with Crippen LogP contribution in [0.25, 0.3) is 0 Å². The quantitative estimate of drug-likeness (QED) is 0.904. The average molecular weight is 303 g/mol. The molecule has 0 unspecified atom stereocenters. The van der Waals surface area contributed by atoms with Crippen LogP contribution in [0.3, 0.4) is 0 Å². The first-order valence-electron chi connectivity index (χ1n) is 7.26. The summed E-state index contributed by atoms with van der Waals surface area (Å²) in [6.45, 7) is 0.624. The van der Waals surface area contributed by atoms with Crippen LogP contribution in [0.5, 0.6) is 0 Å². The average Bonchev–Trinajstić information content (AvgIpc) is 3.16. The number of nitrogens with one attached hydrogen (secondary N) is 1. The highest BCUT2D eigenvalue weighted by atomic mass is 32.1. The molecule has 3 rings (SSSR count). The topological polar surface area (TPSA) is 29.1 Å². The maximum Gasteiger partial charge on any atom is 0.251 e. The Morgan fingerprint density at radius 2 is 2.10 bits per heavy atom. The lowest BCUT2D eigenvalue weighted by molar-refractivity contribution is 0.0942. The Kier molecular flexibility index (Phi) is 4.06. The van der Waals surface area contributed by atoms with Gasteiger partial charge in [0.1, 0.15) is 5.82 Å². The molecule has 110 valence electrons. The molecule has 0 saturated heterocycles. The molecular weight excluding hydrogens is 285 g/mol. The van der Waals surface area contributed by atoms with Gasteiger partial charge in [-0.05, 0) is 53.4 Å². The fraction of sp³-hybridized carbons (Fsp3) is 0.353. The number of carbonyl (C=O) groups is 1. The van der Waals surface area contributed by atoms with Gasteiger partial charge in [-0.1, -0.05) is 18.9 Å². The zero-order valence-electron chi connectivity index (χ0n) is 11.8. The molecular formula is C17H18FNOS. The van der Waals surface area contributed by atoms with Crippen LogP contribution in [0, 0.1) is 5.82 Å². The van der Waals surface area contributed by atoms with E-state index in [1.807, 2.05) is 0 Å². The van der Waals surface area contributed by atoms with Crippen molar-refractivity contribution in [2.75, 3.05) is 6.54 Å². The smallest absolute Gasteiger partial charge is 0.251 e. The molecule has 0 atom stereocenters. The van der Waals surface area contributed by atoms with E-state index in [0.29, 0.717) is 12.1 Å². The van der Waals surface area contributed by atoms with Crippen LogP contribution in [0.15, 0.2) is 41.1 Å². The number of rotatable bonds is 4. The van der Waals surface area contributed by atoms with E-state index >= 15 is 0 Å². The Morgan fingerprint density at radius 1 is 1.29 bits per heavy atom. The zero-order valence-corrected chi connectivity index (χ0v) is 12.6. The number of hydrogen-bond donors (Lipinski definition) is 1. The van der Waals surface area contributed by atoms with Crippen LogP contribution >= 0.6 is 11.3 Å². The maximum absolute atomic E-state index is 13.2. The Hall–Kier alpha value is -1.68. The molecule has 0 bridgehead atoms. The van der Waals surface area contributed by atoms with E-state index < -0.39 is 0 Å². The van der Waals surface area contributed by atoms with Gasteiger partial charge in [0.05, 0.1) is 0 Å². The van der Waals surface area contributed by atoms with E-state index in [-0.39, 0.29) is 17.1 Å². The highest BCUT2D eigenvalue weighted by Crippen LogP contribution is 2.41. The molecule has 1 heterocycles. The van der Waals surface area contributed by atoms with Crippen LogP contribution in [0.4, 0.5) is 4.39 Å². The van der Waals surface area contributed by atoms with Crippen LogP contribution in [-0.2, 0) is 5.41 Å². The third-order valence-corrected chi connectivity index (χ3v) is 5.05. The molecule has 1 aliphatic carbocycles. The van der Waals surface area contributed by atoms with Gasteiger partial charge in [0.25, 0.3) is 5.91 Å². The normalized spacial score (nSPS) is 16.8. The van der Waals surface area contributed by atoms with E-state index in [2.05, 4.69) is 22.1 Å². The molecule has 1 amide bonds. The molecule has 1 aromatic carbocycles. The number of amides is 1. The monoisotopic (exact) mass is 303 g/mol. The molecule has 1 saturated carbocycles. The second-order valence-electron chi connectivity index (χ2n) is 5.69. The maximum atomic E-state index is 13.2. The van der Waals surface area contributed by atoms with E-state index in [4.69, 9.17) is 0 Å². The van der Waals surface area contributed by atoms with Crippen molar-refractivity contribution in [3.8, 4) is 0 Å². The third-order valence-electron chi connectivity index (χ3n) is 4.37. The Labute approximate surface area is 128 Å². The molecule has 0 aliphatic heterocycles. The fourth-order valence-corrected chi connectivity index (χ4v) is 3.95. The molecule has 21 heavy (non-hydrogen) atoms. The second kappa shape index (κ2) is 5.98. The van der Waals surface area contributed by atoms with E-state index in [1.54, 1.807) is 23.5 Å². The van der Waals surface area contributed by atoms with Gasteiger partial charge in [0, 0.05) is 17.5 Å². The lowest BCUT2D eigenvalue weighted by atomic mass is 9.80. The number of thiophene rings is 1. The Balaban J connectivity index is 1.72. The molecule has 1 aliphatic rings. The number of benzene rings is 1. The minimum Gasteiger partial charge on any atom is -0.351 e. The minimum absolute atomic E-state index is 0.0585. The summed E-state index contributed by atoms with van der Waals surface area (Å²) in [5, 5.41) is 7.26. The molecule has 1 N–H and O–H groups in total. The van der Waals surface area contributed by atoms with Crippen molar-refractivity contribution < 1.29 is 9.18 Å². The van der Waals surface area contributed by atoms with E-state index in [0.717, 1.165) is 12.8 Å². The SMILES string of the molecule is O=C(NCC1(c2ccsc2)CCCC1)c1cccc(F)c1. The van der Waals surface area contributed by atoms with Gasteiger partial charge in [-0.15, -0.1) is 0 Å². The predicted molar refractivity (Wildman–Crippen MR) is 83.2 cm³/mol. The number of hydrogen-bond acceptors (Lipinski definition) is 2. The summed E-state index contributed by atoms with van der Waals surface area (Å²) in [5.74, 6) is -0.577. The van der Waals surface area contributed by atoms with Crippen LogP contribution < -0.4 is 5.32 Å². The summed E-state index contributed by atoms with van der Waals surface area (Å²) in [6.07, 6.45) is 4.61. The summed E-state index contributed by atoms with van der Waals surface area (Å²) in [7, 11) is 0. The second-order valence-corrected chi connectivity index (χ2v) is 6.47. The first kappa shape index (κ1) is 14.3. The van der Waals surface area contributed by atoms with Gasteiger partial charge in [-0.25, -0.2) is 4.39 Å². The molecule has 1 aromatic heterocycles. The fourth-order valence-electron chi connectivity index (χ4n) is 3.17. The minimum atomic E-state index is -0.379. The standard InChI is InChI=1S/C17H18FNOS/c18-15-5-3-4-13(10-15)16(20)19-12-17(7-1-2-8-17)14-6-9-21-11-14/h3-6,9-11H,1-2,7-8,12H2,(H,19,20). The van der Waals surface area contributed by atoms with Crippen molar-refractivity contribution >= 4 is 17.2 Å². The highest BCUT2D eigenvalue weighted by molar-refractivity contribution is 7.08. The van der Waals surface area contributed by atoms with Crippen molar-refractivity contribution in [2.45, 2.75) is 31.1 Å². The highest BCUT2D eigenvalue weighted by Gasteiger charge is 2.36. The van der Waals surface area contributed by atoms with Crippen molar-refractivity contribution in [3.05, 3.63) is 58.0 Å². The van der Waals surface area contributed by atoms with Gasteiger partial charge < -0.3 is 5.32 Å². The lowest BCUT2D eigenvalue weighted by Crippen LogP contribution is -2.38.